The van der Waals surface area contributed by atoms with E-state index in [0.717, 1.165) is 25.0 Å². The molecule has 3 heterocycles. The van der Waals surface area contributed by atoms with Crippen LogP contribution in [-0.2, 0) is 12.7 Å². The van der Waals surface area contributed by atoms with Crippen LogP contribution in [0.1, 0.15) is 36.1 Å². The number of fused-ring (bicyclic) bond motifs is 2. The highest BCUT2D eigenvalue weighted by atomic mass is 19.4. The summed E-state index contributed by atoms with van der Waals surface area (Å²) in [6.45, 7) is 0.846. The number of pyridine rings is 1. The van der Waals surface area contributed by atoms with Gasteiger partial charge >= 0.3 is 6.18 Å². The molecule has 1 aromatic heterocycles. The number of hydrogen-bond acceptors (Lipinski definition) is 2. The molecule has 2 unspecified atom stereocenters. The van der Waals surface area contributed by atoms with Gasteiger partial charge in [0.15, 0.2) is 5.69 Å². The summed E-state index contributed by atoms with van der Waals surface area (Å²) in [7, 11) is 0. The van der Waals surface area contributed by atoms with Crippen molar-refractivity contribution < 1.29 is 13.2 Å². The molecule has 2 bridgehead atoms. The molecule has 2 aromatic rings. The van der Waals surface area contributed by atoms with Crippen molar-refractivity contribution in [2.45, 2.75) is 44.1 Å². The lowest BCUT2D eigenvalue weighted by Crippen LogP contribution is -2.37. The van der Waals surface area contributed by atoms with Crippen molar-refractivity contribution in [3.8, 4) is 0 Å². The van der Waals surface area contributed by atoms with Gasteiger partial charge in [0, 0.05) is 30.4 Å². The van der Waals surface area contributed by atoms with Crippen molar-refractivity contribution in [2.24, 2.45) is 0 Å². The van der Waals surface area contributed by atoms with E-state index in [9.17, 15) is 13.2 Å². The van der Waals surface area contributed by atoms with Gasteiger partial charge in [0.25, 0.3) is 0 Å². The van der Waals surface area contributed by atoms with E-state index in [4.69, 9.17) is 0 Å². The Kier molecular flexibility index (Phi) is 4.12. The number of nitrogens with zero attached hydrogens (tertiary/aromatic N) is 2. The van der Waals surface area contributed by atoms with E-state index in [2.05, 4.69) is 22.0 Å². The first-order chi connectivity index (χ1) is 12.0. The molecule has 1 saturated heterocycles. The molecule has 0 N–H and O–H groups in total. The molecule has 1 fully saturated rings. The molecule has 0 saturated carbocycles. The van der Waals surface area contributed by atoms with E-state index in [1.54, 1.807) is 12.1 Å². The Morgan fingerprint density at radius 3 is 2.56 bits per heavy atom. The summed E-state index contributed by atoms with van der Waals surface area (Å²) >= 11 is 0. The normalized spacial score (nSPS) is 23.6. The lowest BCUT2D eigenvalue weighted by atomic mass is 9.93. The van der Waals surface area contributed by atoms with E-state index in [0.29, 0.717) is 12.5 Å². The smallest absolute Gasteiger partial charge is 0.289 e. The van der Waals surface area contributed by atoms with Crippen LogP contribution in [0.2, 0.25) is 0 Å². The summed E-state index contributed by atoms with van der Waals surface area (Å²) in [5, 5.41) is 0. The largest absolute Gasteiger partial charge is 0.433 e. The summed E-state index contributed by atoms with van der Waals surface area (Å²) < 4.78 is 39.8. The molecule has 0 radical (unpaired) electrons. The van der Waals surface area contributed by atoms with Crippen LogP contribution in [0.3, 0.4) is 0 Å². The fourth-order valence-electron chi connectivity index (χ4n) is 4.05. The fourth-order valence-corrected chi connectivity index (χ4v) is 4.05. The fraction of sp³-hybridized carbons (Fsp3) is 0.350. The lowest BCUT2D eigenvalue weighted by molar-refractivity contribution is -0.141. The predicted molar refractivity (Wildman–Crippen MR) is 90.6 cm³/mol. The van der Waals surface area contributed by atoms with Crippen molar-refractivity contribution >= 4 is 5.57 Å². The van der Waals surface area contributed by atoms with Gasteiger partial charge in [-0.3, -0.25) is 9.88 Å². The number of alkyl halides is 3. The molecule has 2 atom stereocenters. The second-order valence-corrected chi connectivity index (χ2v) is 6.75. The molecule has 2 aliphatic heterocycles. The summed E-state index contributed by atoms with van der Waals surface area (Å²) in [6, 6.07) is 13.9. The predicted octanol–water partition coefficient (Wildman–Crippen LogP) is 4.92. The van der Waals surface area contributed by atoms with Gasteiger partial charge in [0.1, 0.15) is 0 Å². The minimum absolute atomic E-state index is 0.204. The van der Waals surface area contributed by atoms with Crippen molar-refractivity contribution in [1.29, 1.82) is 0 Å². The van der Waals surface area contributed by atoms with Crippen LogP contribution in [0.25, 0.3) is 5.57 Å². The average molecular weight is 344 g/mol. The van der Waals surface area contributed by atoms with E-state index in [1.165, 1.54) is 11.8 Å². The first-order valence-corrected chi connectivity index (χ1v) is 8.55. The van der Waals surface area contributed by atoms with Gasteiger partial charge in [-0.15, -0.1) is 0 Å². The Morgan fingerprint density at radius 1 is 1.04 bits per heavy atom. The number of hydrogen-bond donors (Lipinski definition) is 0. The summed E-state index contributed by atoms with van der Waals surface area (Å²) in [5.74, 6) is 0. The minimum atomic E-state index is -4.42. The van der Waals surface area contributed by atoms with E-state index >= 15 is 0 Å². The Bertz CT molecular complexity index is 783. The molecule has 130 valence electrons. The van der Waals surface area contributed by atoms with Crippen molar-refractivity contribution in [2.75, 3.05) is 0 Å². The topological polar surface area (TPSA) is 16.1 Å². The van der Waals surface area contributed by atoms with Crippen molar-refractivity contribution in [3.63, 3.8) is 0 Å². The number of halogens is 3. The second kappa shape index (κ2) is 6.30. The standard InChI is InChI=1S/C20H19F3N2/c21-20(22,23)19-18(7-4-10-24-19)15-11-16-8-9-17(12-15)25(16)13-14-5-2-1-3-6-14/h1-7,10-11,16-17H,8-9,12-13H2. The maximum Gasteiger partial charge on any atom is 0.433 e. The van der Waals surface area contributed by atoms with Gasteiger partial charge in [0.05, 0.1) is 0 Å². The molecule has 5 heteroatoms. The van der Waals surface area contributed by atoms with Gasteiger partial charge < -0.3 is 0 Å². The van der Waals surface area contributed by atoms with Crippen molar-refractivity contribution in [3.05, 3.63) is 71.6 Å². The molecule has 0 aliphatic carbocycles. The van der Waals surface area contributed by atoms with Crippen LogP contribution < -0.4 is 0 Å². The van der Waals surface area contributed by atoms with Crippen LogP contribution in [0.4, 0.5) is 13.2 Å². The highest BCUT2D eigenvalue weighted by Crippen LogP contribution is 2.42. The van der Waals surface area contributed by atoms with Gasteiger partial charge in [-0.25, -0.2) is 0 Å². The quantitative estimate of drug-likeness (QED) is 0.786. The molecular formula is C20H19F3N2. The van der Waals surface area contributed by atoms with Crippen LogP contribution in [0.15, 0.2) is 54.7 Å². The van der Waals surface area contributed by atoms with Crippen molar-refractivity contribution in [1.82, 2.24) is 9.88 Å². The summed E-state index contributed by atoms with van der Waals surface area (Å²) in [6.07, 6.45) is 1.50. The molecule has 0 spiro atoms. The third kappa shape index (κ3) is 3.21. The zero-order chi connectivity index (χ0) is 17.4. The lowest BCUT2D eigenvalue weighted by Gasteiger charge is -2.34. The molecule has 4 rings (SSSR count). The molecule has 0 amide bonds. The third-order valence-electron chi connectivity index (χ3n) is 5.17. The SMILES string of the molecule is FC(F)(F)c1ncccc1C1=CC2CCC(C1)N2Cc1ccccc1. The highest BCUT2D eigenvalue weighted by Gasteiger charge is 2.40. The van der Waals surface area contributed by atoms with E-state index in [1.807, 2.05) is 24.3 Å². The van der Waals surface area contributed by atoms with Crippen LogP contribution in [-0.4, -0.2) is 22.0 Å². The Hall–Kier alpha value is -2.14. The monoisotopic (exact) mass is 344 g/mol. The zero-order valence-corrected chi connectivity index (χ0v) is 13.7. The first kappa shape index (κ1) is 16.3. The van der Waals surface area contributed by atoms with Crippen LogP contribution >= 0.6 is 0 Å². The zero-order valence-electron chi connectivity index (χ0n) is 13.7. The van der Waals surface area contributed by atoms with Crippen LogP contribution in [0.5, 0.6) is 0 Å². The molecule has 25 heavy (non-hydrogen) atoms. The highest BCUT2D eigenvalue weighted by molar-refractivity contribution is 5.70. The number of aromatic nitrogens is 1. The number of rotatable bonds is 3. The Balaban J connectivity index is 1.62. The maximum absolute atomic E-state index is 13.3. The van der Waals surface area contributed by atoms with Gasteiger partial charge in [-0.1, -0.05) is 42.5 Å². The third-order valence-corrected chi connectivity index (χ3v) is 5.17. The molecule has 2 aliphatic rings. The van der Waals surface area contributed by atoms with E-state index in [-0.39, 0.29) is 11.6 Å². The molecule has 1 aromatic carbocycles. The first-order valence-electron chi connectivity index (χ1n) is 8.55. The maximum atomic E-state index is 13.3. The van der Waals surface area contributed by atoms with Crippen LogP contribution in [0, 0.1) is 0 Å². The minimum Gasteiger partial charge on any atom is -0.289 e. The molecular weight excluding hydrogens is 325 g/mol. The molecule has 2 nitrogen and oxygen atoms in total. The Labute approximate surface area is 145 Å². The Morgan fingerprint density at radius 2 is 1.84 bits per heavy atom. The van der Waals surface area contributed by atoms with Gasteiger partial charge in [-0.2, -0.15) is 13.2 Å². The average Bonchev–Trinajstić information content (AvgIpc) is 2.83. The summed E-state index contributed by atoms with van der Waals surface area (Å²) in [5.41, 5.74) is 1.51. The van der Waals surface area contributed by atoms with Gasteiger partial charge in [-0.05, 0) is 36.5 Å². The van der Waals surface area contributed by atoms with Gasteiger partial charge in [0.2, 0.25) is 0 Å². The van der Waals surface area contributed by atoms with E-state index < -0.39 is 11.9 Å². The second-order valence-electron chi connectivity index (χ2n) is 6.75. The number of benzene rings is 1. The summed E-state index contributed by atoms with van der Waals surface area (Å²) in [4.78, 5) is 6.02.